The van der Waals surface area contributed by atoms with E-state index in [0.29, 0.717) is 12.2 Å². The van der Waals surface area contributed by atoms with Gasteiger partial charge in [-0.25, -0.2) is 0 Å². The number of aryl methyl sites for hydroxylation is 2. The molecule has 2 aliphatic heterocycles. The van der Waals surface area contributed by atoms with Crippen LogP contribution in [0.15, 0.2) is 36.4 Å². The number of rotatable bonds is 4. The van der Waals surface area contributed by atoms with Gasteiger partial charge in [0, 0.05) is 30.4 Å². The van der Waals surface area contributed by atoms with E-state index in [4.69, 9.17) is 4.74 Å². The summed E-state index contributed by atoms with van der Waals surface area (Å²) in [6.45, 7) is 4.88. The molecule has 0 aliphatic carbocycles. The van der Waals surface area contributed by atoms with Crippen molar-refractivity contribution in [1.29, 1.82) is 0 Å². The monoisotopic (exact) mass is 392 g/mol. The van der Waals surface area contributed by atoms with Crippen molar-refractivity contribution in [3.63, 3.8) is 0 Å². The third kappa shape index (κ3) is 3.88. The van der Waals surface area contributed by atoms with Crippen molar-refractivity contribution in [3.8, 4) is 5.75 Å². The van der Waals surface area contributed by atoms with Crippen LogP contribution in [-0.4, -0.2) is 29.2 Å². The number of imide groups is 1. The molecule has 0 spiro atoms. The third-order valence-corrected chi connectivity index (χ3v) is 5.49. The Morgan fingerprint density at radius 2 is 1.79 bits per heavy atom. The quantitative estimate of drug-likeness (QED) is 0.811. The van der Waals surface area contributed by atoms with Crippen LogP contribution < -0.4 is 10.1 Å². The lowest BCUT2D eigenvalue weighted by atomic mass is 9.95. The molecular formula is C23H24N2O4. The van der Waals surface area contributed by atoms with Crippen LogP contribution in [0.5, 0.6) is 5.75 Å². The van der Waals surface area contributed by atoms with E-state index >= 15 is 0 Å². The molecule has 3 amide bonds. The van der Waals surface area contributed by atoms with Gasteiger partial charge in [0.25, 0.3) is 5.91 Å². The van der Waals surface area contributed by atoms with E-state index < -0.39 is 0 Å². The Hall–Kier alpha value is -3.15. The average Bonchev–Trinajstić information content (AvgIpc) is 3.01. The van der Waals surface area contributed by atoms with E-state index in [2.05, 4.69) is 17.4 Å². The van der Waals surface area contributed by atoms with Gasteiger partial charge in [0.2, 0.25) is 11.8 Å². The maximum atomic E-state index is 12.8. The van der Waals surface area contributed by atoms with E-state index in [1.165, 1.54) is 4.90 Å². The molecule has 6 heteroatoms. The van der Waals surface area contributed by atoms with Gasteiger partial charge in [0.15, 0.2) is 0 Å². The molecule has 150 valence electrons. The summed E-state index contributed by atoms with van der Waals surface area (Å²) in [6, 6.07) is 11.1. The van der Waals surface area contributed by atoms with Gasteiger partial charge in [-0.15, -0.1) is 0 Å². The summed E-state index contributed by atoms with van der Waals surface area (Å²) in [6.07, 6.45) is 1.29. The number of nitrogens with zero attached hydrogens (tertiary/aromatic N) is 1. The molecular weight excluding hydrogens is 368 g/mol. The number of carbonyl (C=O) groups is 3. The van der Waals surface area contributed by atoms with Gasteiger partial charge in [-0.05, 0) is 37.1 Å². The minimum atomic E-state index is -0.151. The highest BCUT2D eigenvalue weighted by Gasteiger charge is 2.29. The lowest BCUT2D eigenvalue weighted by molar-refractivity contribution is -0.139. The first kappa shape index (κ1) is 19.2. The molecule has 2 heterocycles. The number of benzene rings is 2. The average molecular weight is 392 g/mol. The summed E-state index contributed by atoms with van der Waals surface area (Å²) in [5, 5.41) is 3.11. The van der Waals surface area contributed by atoms with Crippen LogP contribution in [0, 0.1) is 13.8 Å². The van der Waals surface area contributed by atoms with Gasteiger partial charge in [-0.2, -0.15) is 0 Å². The summed E-state index contributed by atoms with van der Waals surface area (Å²) in [7, 11) is 0. The fraction of sp³-hybridized carbons (Fsp3) is 0.348. The van der Waals surface area contributed by atoms with Crippen LogP contribution in [0.1, 0.15) is 57.9 Å². The summed E-state index contributed by atoms with van der Waals surface area (Å²) in [5.74, 6) is 0.436. The first-order chi connectivity index (χ1) is 13.9. The molecule has 0 aromatic heterocycles. The number of hydrogen-bond acceptors (Lipinski definition) is 4. The van der Waals surface area contributed by atoms with Gasteiger partial charge in [0.05, 0.1) is 19.2 Å². The second kappa shape index (κ2) is 7.70. The van der Waals surface area contributed by atoms with Crippen molar-refractivity contribution in [2.24, 2.45) is 0 Å². The van der Waals surface area contributed by atoms with Gasteiger partial charge < -0.3 is 10.1 Å². The predicted octanol–water partition coefficient (Wildman–Crippen LogP) is 3.21. The number of ether oxygens (including phenoxy) is 1. The smallest absolute Gasteiger partial charge is 0.251 e. The lowest BCUT2D eigenvalue weighted by Crippen LogP contribution is -2.32. The van der Waals surface area contributed by atoms with Crippen molar-refractivity contribution >= 4 is 17.7 Å². The van der Waals surface area contributed by atoms with Crippen LogP contribution in [0.2, 0.25) is 0 Å². The molecule has 2 aromatic carbocycles. The van der Waals surface area contributed by atoms with Crippen molar-refractivity contribution in [3.05, 3.63) is 64.2 Å². The maximum Gasteiger partial charge on any atom is 0.251 e. The fourth-order valence-corrected chi connectivity index (χ4v) is 4.01. The van der Waals surface area contributed by atoms with E-state index in [-0.39, 0.29) is 43.1 Å². The van der Waals surface area contributed by atoms with Crippen LogP contribution in [0.4, 0.5) is 0 Å². The molecule has 4 rings (SSSR count). The second-order valence-corrected chi connectivity index (χ2v) is 7.73. The molecule has 1 saturated heterocycles. The highest BCUT2D eigenvalue weighted by atomic mass is 16.5. The summed E-state index contributed by atoms with van der Waals surface area (Å²) in [4.78, 5) is 37.6. The van der Waals surface area contributed by atoms with Crippen LogP contribution >= 0.6 is 0 Å². The number of hydrogen-bond donors (Lipinski definition) is 1. The van der Waals surface area contributed by atoms with E-state index in [9.17, 15) is 14.4 Å². The molecule has 0 radical (unpaired) electrons. The van der Waals surface area contributed by atoms with Crippen LogP contribution in [0.25, 0.3) is 0 Å². The Balaban J connectivity index is 1.46. The van der Waals surface area contributed by atoms with Crippen LogP contribution in [0.3, 0.4) is 0 Å². The number of amides is 3. The van der Waals surface area contributed by atoms with Crippen molar-refractivity contribution < 1.29 is 19.1 Å². The van der Waals surface area contributed by atoms with Crippen molar-refractivity contribution in [1.82, 2.24) is 10.2 Å². The Morgan fingerprint density at radius 3 is 2.48 bits per heavy atom. The van der Waals surface area contributed by atoms with E-state index in [0.717, 1.165) is 34.4 Å². The third-order valence-electron chi connectivity index (χ3n) is 5.49. The van der Waals surface area contributed by atoms with Gasteiger partial charge in [0.1, 0.15) is 5.75 Å². The molecule has 1 atom stereocenters. The molecule has 0 bridgehead atoms. The summed E-state index contributed by atoms with van der Waals surface area (Å²) in [5.41, 5.74) is 4.61. The van der Waals surface area contributed by atoms with Gasteiger partial charge >= 0.3 is 0 Å². The Bertz CT molecular complexity index is 965. The Labute approximate surface area is 169 Å². The standard InChI is InChI=1S/C23H24N2O4/c1-14-11-15(2)22-18(12-14)19(9-10-29-22)24-23(28)17-5-3-16(4-6-17)13-25-20(26)7-8-21(25)27/h3-6,11-12,19H,7-10,13H2,1-2H3,(H,24,28). The summed E-state index contributed by atoms with van der Waals surface area (Å²) < 4.78 is 5.81. The maximum absolute atomic E-state index is 12.8. The minimum Gasteiger partial charge on any atom is -0.493 e. The predicted molar refractivity (Wildman–Crippen MR) is 107 cm³/mol. The number of carbonyl (C=O) groups excluding carboxylic acids is 3. The molecule has 1 unspecified atom stereocenters. The zero-order chi connectivity index (χ0) is 20.5. The lowest BCUT2D eigenvalue weighted by Gasteiger charge is -2.28. The van der Waals surface area contributed by atoms with Gasteiger partial charge in [-0.1, -0.05) is 29.8 Å². The SMILES string of the molecule is Cc1cc(C)c2c(c1)C(NC(=O)c1ccc(CN3C(=O)CCC3=O)cc1)CCO2. The van der Waals surface area contributed by atoms with E-state index in [1.54, 1.807) is 24.3 Å². The number of fused-ring (bicyclic) bond motifs is 1. The molecule has 2 aliphatic rings. The second-order valence-electron chi connectivity index (χ2n) is 7.73. The fourth-order valence-electron chi connectivity index (χ4n) is 4.01. The highest BCUT2D eigenvalue weighted by Crippen LogP contribution is 2.35. The van der Waals surface area contributed by atoms with Gasteiger partial charge in [-0.3, -0.25) is 19.3 Å². The zero-order valence-corrected chi connectivity index (χ0v) is 16.7. The van der Waals surface area contributed by atoms with Crippen molar-refractivity contribution in [2.75, 3.05) is 6.61 Å². The molecule has 1 N–H and O–H groups in total. The topological polar surface area (TPSA) is 75.7 Å². The first-order valence-electron chi connectivity index (χ1n) is 9.89. The van der Waals surface area contributed by atoms with E-state index in [1.807, 2.05) is 13.8 Å². The molecule has 29 heavy (non-hydrogen) atoms. The number of nitrogens with one attached hydrogen (secondary N) is 1. The first-order valence-corrected chi connectivity index (χ1v) is 9.89. The molecule has 1 fully saturated rings. The number of likely N-dealkylation sites (tertiary alicyclic amines) is 1. The normalized spacial score (nSPS) is 18.4. The Morgan fingerprint density at radius 1 is 1.10 bits per heavy atom. The molecule has 6 nitrogen and oxygen atoms in total. The zero-order valence-electron chi connectivity index (χ0n) is 16.7. The largest absolute Gasteiger partial charge is 0.493 e. The molecule has 0 saturated carbocycles. The van der Waals surface area contributed by atoms with Crippen molar-refractivity contribution in [2.45, 2.75) is 45.7 Å². The minimum absolute atomic E-state index is 0.0932. The molecule has 2 aromatic rings. The summed E-state index contributed by atoms with van der Waals surface area (Å²) >= 11 is 0. The Kier molecular flexibility index (Phi) is 5.09. The van der Waals surface area contributed by atoms with Crippen LogP contribution in [-0.2, 0) is 16.1 Å². The highest BCUT2D eigenvalue weighted by molar-refractivity contribution is 6.01.